The van der Waals surface area contributed by atoms with E-state index in [1.807, 2.05) is 11.3 Å². The Hall–Kier alpha value is -6.74. The Kier molecular flexibility index (Phi) is 8.09. The van der Waals surface area contributed by atoms with Gasteiger partial charge in [-0.15, -0.1) is 11.3 Å². The summed E-state index contributed by atoms with van der Waals surface area (Å²) in [6.45, 7) is 0. The van der Waals surface area contributed by atoms with Gasteiger partial charge in [-0.2, -0.15) is 0 Å². The molecule has 0 aliphatic rings. The Labute approximate surface area is 319 Å². The Morgan fingerprint density at radius 3 is 1.65 bits per heavy atom. The van der Waals surface area contributed by atoms with E-state index in [1.165, 1.54) is 75.5 Å². The van der Waals surface area contributed by atoms with Gasteiger partial charge in [0.05, 0.1) is 16.1 Å². The van der Waals surface area contributed by atoms with Crippen LogP contribution in [-0.4, -0.2) is 0 Å². The lowest BCUT2D eigenvalue weighted by Gasteiger charge is -2.29. The minimum atomic E-state index is 1.11. The smallest absolute Gasteiger partial charge is 0.0640 e. The summed E-state index contributed by atoms with van der Waals surface area (Å²) < 4.78 is 2.56. The zero-order valence-electron chi connectivity index (χ0n) is 29.6. The first-order valence-electron chi connectivity index (χ1n) is 18.4. The molecule has 0 amide bonds. The van der Waals surface area contributed by atoms with Crippen LogP contribution in [0.1, 0.15) is 0 Å². The summed E-state index contributed by atoms with van der Waals surface area (Å²) >= 11 is 1.87. The van der Waals surface area contributed by atoms with E-state index in [1.54, 1.807) is 0 Å². The summed E-state index contributed by atoms with van der Waals surface area (Å²) in [5.41, 5.74) is 13.0. The van der Waals surface area contributed by atoms with Crippen molar-refractivity contribution >= 4 is 59.3 Å². The Morgan fingerprint density at radius 2 is 0.889 bits per heavy atom. The van der Waals surface area contributed by atoms with Crippen molar-refractivity contribution in [2.75, 3.05) is 4.90 Å². The molecule has 0 aliphatic carbocycles. The lowest BCUT2D eigenvalue weighted by molar-refractivity contribution is 1.30. The highest BCUT2D eigenvalue weighted by Gasteiger charge is 2.23. The average Bonchev–Trinajstić information content (AvgIpc) is 3.64. The number of hydrogen-bond donors (Lipinski definition) is 0. The van der Waals surface area contributed by atoms with Crippen LogP contribution in [0.4, 0.5) is 17.1 Å². The summed E-state index contributed by atoms with van der Waals surface area (Å²) in [4.78, 5) is 2.49. The van der Waals surface area contributed by atoms with Crippen molar-refractivity contribution in [3.63, 3.8) is 0 Å². The highest BCUT2D eigenvalue weighted by Crippen LogP contribution is 2.49. The molecular formula is C52H35NS. The standard InChI is InChI=1S/C52H35NS/c1-4-17-36(18-5-1)43-32-31-41(35-48(43)38-21-8-3-9-22-38)53(50-29-16-27-46-45-26-13-15-30-51(45)54-52(46)50)49-28-14-12-25-44(49)40-33-39-23-10-11-24-42(39)47(34-40)37-19-6-2-7-20-37/h1-35H. The largest absolute Gasteiger partial charge is 0.308 e. The molecule has 10 rings (SSSR count). The van der Waals surface area contributed by atoms with Gasteiger partial charge in [-0.25, -0.2) is 0 Å². The highest BCUT2D eigenvalue weighted by atomic mass is 32.1. The van der Waals surface area contributed by atoms with Crippen LogP contribution in [-0.2, 0) is 0 Å². The summed E-state index contributed by atoms with van der Waals surface area (Å²) in [6.07, 6.45) is 0. The number of fused-ring (bicyclic) bond motifs is 4. The fourth-order valence-corrected chi connectivity index (χ4v) is 9.16. The van der Waals surface area contributed by atoms with Crippen molar-refractivity contribution in [3.05, 3.63) is 212 Å². The van der Waals surface area contributed by atoms with E-state index in [0.717, 1.165) is 17.1 Å². The topological polar surface area (TPSA) is 3.24 Å². The van der Waals surface area contributed by atoms with Crippen LogP contribution in [0, 0.1) is 0 Å². The molecule has 254 valence electrons. The third-order valence-corrected chi connectivity index (χ3v) is 11.7. The molecule has 54 heavy (non-hydrogen) atoms. The highest BCUT2D eigenvalue weighted by molar-refractivity contribution is 7.26. The van der Waals surface area contributed by atoms with E-state index in [9.17, 15) is 0 Å². The first-order chi connectivity index (χ1) is 26.8. The van der Waals surface area contributed by atoms with E-state index < -0.39 is 0 Å². The molecule has 1 aromatic heterocycles. The van der Waals surface area contributed by atoms with Crippen molar-refractivity contribution in [1.29, 1.82) is 0 Å². The maximum Gasteiger partial charge on any atom is 0.0640 e. The lowest BCUT2D eigenvalue weighted by atomic mass is 9.91. The van der Waals surface area contributed by atoms with Crippen LogP contribution in [0.25, 0.3) is 75.5 Å². The lowest BCUT2D eigenvalue weighted by Crippen LogP contribution is -2.11. The number of para-hydroxylation sites is 1. The quantitative estimate of drug-likeness (QED) is 0.160. The van der Waals surface area contributed by atoms with Gasteiger partial charge < -0.3 is 4.90 Å². The average molecular weight is 706 g/mol. The van der Waals surface area contributed by atoms with Crippen LogP contribution >= 0.6 is 11.3 Å². The zero-order valence-corrected chi connectivity index (χ0v) is 30.4. The molecule has 0 fully saturated rings. The van der Waals surface area contributed by atoms with Crippen molar-refractivity contribution in [2.45, 2.75) is 0 Å². The predicted octanol–water partition coefficient (Wildman–Crippen LogP) is 15.3. The molecule has 1 heterocycles. The second-order valence-electron chi connectivity index (χ2n) is 13.7. The third-order valence-electron chi connectivity index (χ3n) is 10.5. The van der Waals surface area contributed by atoms with Gasteiger partial charge in [-0.1, -0.05) is 170 Å². The van der Waals surface area contributed by atoms with E-state index in [-0.39, 0.29) is 0 Å². The number of hydrogen-bond acceptors (Lipinski definition) is 2. The molecule has 1 nitrogen and oxygen atoms in total. The van der Waals surface area contributed by atoms with E-state index in [2.05, 4.69) is 217 Å². The minimum absolute atomic E-state index is 1.11. The van der Waals surface area contributed by atoms with E-state index in [4.69, 9.17) is 0 Å². The second-order valence-corrected chi connectivity index (χ2v) is 14.7. The van der Waals surface area contributed by atoms with Crippen LogP contribution in [0.2, 0.25) is 0 Å². The number of anilines is 3. The van der Waals surface area contributed by atoms with Crippen molar-refractivity contribution in [1.82, 2.24) is 0 Å². The molecule has 0 saturated heterocycles. The first-order valence-corrected chi connectivity index (χ1v) is 19.2. The fraction of sp³-hybridized carbons (Fsp3) is 0. The zero-order chi connectivity index (χ0) is 35.8. The Bertz CT molecular complexity index is 2930. The monoisotopic (exact) mass is 705 g/mol. The maximum absolute atomic E-state index is 2.49. The van der Waals surface area contributed by atoms with E-state index >= 15 is 0 Å². The van der Waals surface area contributed by atoms with Gasteiger partial charge in [0.2, 0.25) is 0 Å². The molecule has 0 bridgehead atoms. The number of nitrogens with zero attached hydrogens (tertiary/aromatic N) is 1. The van der Waals surface area contributed by atoms with Gasteiger partial charge in [0.1, 0.15) is 0 Å². The van der Waals surface area contributed by atoms with Gasteiger partial charge in [-0.05, 0) is 92.2 Å². The number of benzene rings is 9. The SMILES string of the molecule is c1ccc(-c2ccc(N(c3ccccc3-c3cc(-c4ccccc4)c4ccccc4c3)c3cccc4c3sc3ccccc34)cc2-c2ccccc2)cc1. The molecule has 0 unspecified atom stereocenters. The van der Waals surface area contributed by atoms with Crippen LogP contribution in [0.5, 0.6) is 0 Å². The third kappa shape index (κ3) is 5.65. The van der Waals surface area contributed by atoms with Gasteiger partial charge in [0, 0.05) is 26.7 Å². The van der Waals surface area contributed by atoms with Crippen LogP contribution in [0.3, 0.4) is 0 Å². The second kappa shape index (κ2) is 13.7. The summed E-state index contributed by atoms with van der Waals surface area (Å²) in [5, 5.41) is 5.04. The van der Waals surface area contributed by atoms with Gasteiger partial charge in [0.15, 0.2) is 0 Å². The summed E-state index contributed by atoms with van der Waals surface area (Å²) in [6, 6.07) is 77.2. The van der Waals surface area contributed by atoms with Gasteiger partial charge in [0.25, 0.3) is 0 Å². The van der Waals surface area contributed by atoms with E-state index in [0.29, 0.717) is 0 Å². The normalized spacial score (nSPS) is 11.3. The summed E-state index contributed by atoms with van der Waals surface area (Å²) in [5.74, 6) is 0. The number of thiophene rings is 1. The Balaban J connectivity index is 1.26. The molecule has 0 atom stereocenters. The Morgan fingerprint density at radius 1 is 0.315 bits per heavy atom. The van der Waals surface area contributed by atoms with Crippen LogP contribution < -0.4 is 4.90 Å². The van der Waals surface area contributed by atoms with Crippen molar-refractivity contribution in [3.8, 4) is 44.5 Å². The van der Waals surface area contributed by atoms with Gasteiger partial charge >= 0.3 is 0 Å². The maximum atomic E-state index is 2.49. The molecule has 0 spiro atoms. The van der Waals surface area contributed by atoms with Crippen molar-refractivity contribution in [2.24, 2.45) is 0 Å². The molecule has 0 aliphatic heterocycles. The first kappa shape index (κ1) is 32.0. The molecular weight excluding hydrogens is 671 g/mol. The fourth-order valence-electron chi connectivity index (χ4n) is 7.95. The predicted molar refractivity (Wildman–Crippen MR) is 233 cm³/mol. The molecule has 0 radical (unpaired) electrons. The molecule has 2 heteroatoms. The number of rotatable bonds is 7. The molecule has 0 N–H and O–H groups in total. The molecule has 0 saturated carbocycles. The van der Waals surface area contributed by atoms with Crippen molar-refractivity contribution < 1.29 is 0 Å². The molecule has 9 aromatic carbocycles. The van der Waals surface area contributed by atoms with Crippen LogP contribution in [0.15, 0.2) is 212 Å². The molecule has 10 aromatic rings. The summed E-state index contributed by atoms with van der Waals surface area (Å²) in [7, 11) is 0. The minimum Gasteiger partial charge on any atom is -0.308 e. The van der Waals surface area contributed by atoms with Gasteiger partial charge in [-0.3, -0.25) is 0 Å².